The topological polar surface area (TPSA) is 47.2 Å². The molecule has 1 saturated heterocycles. The Morgan fingerprint density at radius 1 is 0.929 bits per heavy atom. The van der Waals surface area contributed by atoms with Crippen LogP contribution in [0.15, 0.2) is 59.4 Å². The van der Waals surface area contributed by atoms with Gasteiger partial charge in [-0.15, -0.1) is 11.8 Å². The molecule has 5 nitrogen and oxygen atoms in total. The van der Waals surface area contributed by atoms with E-state index in [0.717, 1.165) is 16.9 Å². The van der Waals surface area contributed by atoms with Gasteiger partial charge in [-0.1, -0.05) is 48.0 Å². The minimum absolute atomic E-state index is 0.0263. The van der Waals surface area contributed by atoms with Gasteiger partial charge in [-0.3, -0.25) is 19.2 Å². The summed E-state index contributed by atoms with van der Waals surface area (Å²) in [5, 5.41) is -0.406. The number of benzene rings is 2. The van der Waals surface area contributed by atoms with Gasteiger partial charge in [0.1, 0.15) is 11.1 Å². The number of hydrogen-bond acceptors (Lipinski definition) is 3. The van der Waals surface area contributed by atoms with E-state index in [1.165, 1.54) is 5.56 Å². The van der Waals surface area contributed by atoms with Crippen molar-refractivity contribution in [3.05, 3.63) is 81.8 Å². The van der Waals surface area contributed by atoms with Crippen LogP contribution >= 0.6 is 11.8 Å². The smallest absolute Gasteiger partial charge is 0.288 e. The summed E-state index contributed by atoms with van der Waals surface area (Å²) in [5.74, 6) is -0.0263. The standard InChI is InChI=1S/C22H23N3O2S/c1-14-10-12-17(13-11-14)22-24(20(26)16(3)28-22)19-15(2)23(4)25(21(19)27)18-8-6-5-7-9-18/h5-13,16,22H,1-4H3/t16-,22+/m0/s1. The van der Waals surface area contributed by atoms with E-state index in [1.807, 2.05) is 87.1 Å². The van der Waals surface area contributed by atoms with Gasteiger partial charge in [0.15, 0.2) is 0 Å². The lowest BCUT2D eigenvalue weighted by molar-refractivity contribution is -0.117. The van der Waals surface area contributed by atoms with Crippen LogP contribution < -0.4 is 10.5 Å². The maximum atomic E-state index is 13.4. The molecule has 144 valence electrons. The van der Waals surface area contributed by atoms with Gasteiger partial charge in [-0.05, 0) is 38.5 Å². The Morgan fingerprint density at radius 2 is 1.57 bits per heavy atom. The molecule has 0 N–H and O–H groups in total. The average molecular weight is 394 g/mol. The van der Waals surface area contributed by atoms with Gasteiger partial charge in [0.2, 0.25) is 5.91 Å². The summed E-state index contributed by atoms with van der Waals surface area (Å²) in [7, 11) is 1.85. The van der Waals surface area contributed by atoms with Crippen LogP contribution in [-0.2, 0) is 11.8 Å². The Hall–Kier alpha value is -2.73. The van der Waals surface area contributed by atoms with Gasteiger partial charge in [-0.25, -0.2) is 4.68 Å². The third kappa shape index (κ3) is 2.88. The van der Waals surface area contributed by atoms with Gasteiger partial charge in [0.05, 0.1) is 16.6 Å². The van der Waals surface area contributed by atoms with Crippen molar-refractivity contribution >= 4 is 23.4 Å². The van der Waals surface area contributed by atoms with E-state index < -0.39 is 0 Å². The van der Waals surface area contributed by atoms with E-state index in [9.17, 15) is 9.59 Å². The molecular weight excluding hydrogens is 370 g/mol. The second-order valence-electron chi connectivity index (χ2n) is 7.16. The van der Waals surface area contributed by atoms with Crippen LogP contribution in [-0.4, -0.2) is 20.5 Å². The summed E-state index contributed by atoms with van der Waals surface area (Å²) >= 11 is 1.58. The molecule has 0 aliphatic carbocycles. The molecule has 0 saturated carbocycles. The molecule has 0 unspecified atom stereocenters. The number of aromatic nitrogens is 2. The van der Waals surface area contributed by atoms with E-state index in [4.69, 9.17) is 0 Å². The highest BCUT2D eigenvalue weighted by molar-refractivity contribution is 8.01. The summed E-state index contributed by atoms with van der Waals surface area (Å²) in [5.41, 5.74) is 4.03. The van der Waals surface area contributed by atoms with Crippen molar-refractivity contribution in [2.24, 2.45) is 7.05 Å². The van der Waals surface area contributed by atoms with Gasteiger partial charge in [-0.2, -0.15) is 0 Å². The van der Waals surface area contributed by atoms with E-state index in [1.54, 1.807) is 21.3 Å². The maximum absolute atomic E-state index is 13.4. The molecule has 28 heavy (non-hydrogen) atoms. The zero-order valence-corrected chi connectivity index (χ0v) is 17.2. The molecule has 3 aromatic rings. The highest BCUT2D eigenvalue weighted by atomic mass is 32.2. The number of para-hydroxylation sites is 1. The molecule has 1 amide bonds. The summed E-state index contributed by atoms with van der Waals surface area (Å²) < 4.78 is 3.44. The zero-order valence-electron chi connectivity index (χ0n) is 16.4. The maximum Gasteiger partial charge on any atom is 0.295 e. The number of amides is 1. The predicted octanol–water partition coefficient (Wildman–Crippen LogP) is 3.96. The van der Waals surface area contributed by atoms with Crippen molar-refractivity contribution in [3.63, 3.8) is 0 Å². The molecule has 2 heterocycles. The molecule has 2 atom stereocenters. The summed E-state index contributed by atoms with van der Waals surface area (Å²) in [6.07, 6.45) is 0. The predicted molar refractivity (Wildman–Crippen MR) is 114 cm³/mol. The van der Waals surface area contributed by atoms with Crippen LogP contribution in [0.5, 0.6) is 0 Å². The Morgan fingerprint density at radius 3 is 2.21 bits per heavy atom. The van der Waals surface area contributed by atoms with Gasteiger partial charge < -0.3 is 0 Å². The van der Waals surface area contributed by atoms with Crippen molar-refractivity contribution in [2.45, 2.75) is 31.4 Å². The quantitative estimate of drug-likeness (QED) is 0.677. The molecule has 0 radical (unpaired) electrons. The molecule has 0 spiro atoms. The Balaban J connectivity index is 1.88. The molecule has 0 bridgehead atoms. The molecule has 1 aliphatic rings. The number of aryl methyl sites for hydroxylation is 1. The fourth-order valence-corrected chi connectivity index (χ4v) is 4.90. The summed E-state index contributed by atoms with van der Waals surface area (Å²) in [6.45, 7) is 5.84. The number of nitrogens with zero attached hydrogens (tertiary/aromatic N) is 3. The number of rotatable bonds is 3. The molecular formula is C22H23N3O2S. The molecule has 1 aliphatic heterocycles. The lowest BCUT2D eigenvalue weighted by Crippen LogP contribution is -2.34. The van der Waals surface area contributed by atoms with E-state index in [-0.39, 0.29) is 22.1 Å². The SMILES string of the molecule is Cc1ccc([C@H]2S[C@@H](C)C(=O)N2c2c(C)n(C)n(-c3ccccc3)c2=O)cc1. The molecule has 4 rings (SSSR count). The van der Waals surface area contributed by atoms with Gasteiger partial charge in [0.25, 0.3) is 5.56 Å². The van der Waals surface area contributed by atoms with Crippen LogP contribution in [0.1, 0.15) is 29.1 Å². The highest BCUT2D eigenvalue weighted by Gasteiger charge is 2.42. The average Bonchev–Trinajstić information content (AvgIpc) is 3.09. The third-order valence-electron chi connectivity index (χ3n) is 5.28. The molecule has 6 heteroatoms. The van der Waals surface area contributed by atoms with Crippen LogP contribution in [0.2, 0.25) is 0 Å². The lowest BCUT2D eigenvalue weighted by Gasteiger charge is -2.23. The first-order chi connectivity index (χ1) is 13.4. The summed E-state index contributed by atoms with van der Waals surface area (Å²) in [4.78, 5) is 28.2. The van der Waals surface area contributed by atoms with Crippen molar-refractivity contribution in [2.75, 3.05) is 4.90 Å². The fraction of sp³-hybridized carbons (Fsp3) is 0.273. The number of carbonyl (C=O) groups is 1. The zero-order chi connectivity index (χ0) is 20.0. The number of hydrogen-bond donors (Lipinski definition) is 0. The highest BCUT2D eigenvalue weighted by Crippen LogP contribution is 2.45. The van der Waals surface area contributed by atoms with Crippen LogP contribution in [0, 0.1) is 13.8 Å². The molecule has 1 fully saturated rings. The number of anilines is 1. The van der Waals surface area contributed by atoms with Crippen molar-refractivity contribution < 1.29 is 4.79 Å². The van der Waals surface area contributed by atoms with Gasteiger partial charge >= 0.3 is 0 Å². The number of carbonyl (C=O) groups excluding carboxylic acids is 1. The van der Waals surface area contributed by atoms with Crippen LogP contribution in [0.25, 0.3) is 5.69 Å². The minimum Gasteiger partial charge on any atom is -0.288 e. The third-order valence-corrected chi connectivity index (χ3v) is 6.63. The first-order valence-corrected chi connectivity index (χ1v) is 10.2. The Kier molecular flexibility index (Phi) is 4.67. The van der Waals surface area contributed by atoms with Crippen molar-refractivity contribution in [1.29, 1.82) is 0 Å². The number of thioether (sulfide) groups is 1. The Labute approximate surface area is 168 Å². The normalized spacial score (nSPS) is 19.4. The summed E-state index contributed by atoms with van der Waals surface area (Å²) in [6, 6.07) is 17.7. The van der Waals surface area contributed by atoms with Crippen molar-refractivity contribution in [3.8, 4) is 5.69 Å². The second kappa shape index (κ2) is 7.02. The first-order valence-electron chi connectivity index (χ1n) is 9.29. The second-order valence-corrected chi connectivity index (χ2v) is 8.59. The molecule has 2 aromatic carbocycles. The van der Waals surface area contributed by atoms with Crippen LogP contribution in [0.3, 0.4) is 0 Å². The van der Waals surface area contributed by atoms with Crippen molar-refractivity contribution in [1.82, 2.24) is 9.36 Å². The first kappa shape index (κ1) is 18.6. The lowest BCUT2D eigenvalue weighted by atomic mass is 10.1. The monoisotopic (exact) mass is 393 g/mol. The Bertz CT molecular complexity index is 1080. The van der Waals surface area contributed by atoms with E-state index >= 15 is 0 Å². The molecule has 1 aromatic heterocycles. The minimum atomic E-state index is -0.207. The van der Waals surface area contributed by atoms with E-state index in [2.05, 4.69) is 0 Å². The van der Waals surface area contributed by atoms with Crippen LogP contribution in [0.4, 0.5) is 5.69 Å². The fourth-order valence-electron chi connectivity index (χ4n) is 3.64. The van der Waals surface area contributed by atoms with E-state index in [0.29, 0.717) is 5.69 Å². The largest absolute Gasteiger partial charge is 0.295 e. The van der Waals surface area contributed by atoms with Gasteiger partial charge in [0, 0.05) is 7.05 Å².